The minimum Gasteiger partial charge on any atom is -0.358 e. The molecule has 0 radical (unpaired) electrons. The second-order valence-corrected chi connectivity index (χ2v) is 5.19. The fourth-order valence-corrected chi connectivity index (χ4v) is 2.01. The zero-order valence-electron chi connectivity index (χ0n) is 11.4. The zero-order chi connectivity index (χ0) is 11.4. The van der Waals surface area contributed by atoms with Crippen LogP contribution in [0.3, 0.4) is 0 Å². The maximum Gasteiger partial charge on any atom is 0.160 e. The van der Waals surface area contributed by atoms with Gasteiger partial charge in [-0.3, -0.25) is 0 Å². The van der Waals surface area contributed by atoms with Crippen LogP contribution in [0.4, 0.5) is 0 Å². The molecule has 0 saturated heterocycles. The molecule has 1 unspecified atom stereocenters. The molecule has 0 amide bonds. The second kappa shape index (κ2) is 15.2. The summed E-state index contributed by atoms with van der Waals surface area (Å²) < 4.78 is 0. The minimum absolute atomic E-state index is 0. The zero-order valence-corrected chi connectivity index (χ0v) is 12.2. The molecule has 0 bridgehead atoms. The van der Waals surface area contributed by atoms with E-state index in [1.807, 2.05) is 0 Å². The molecule has 0 rings (SSSR count). The Hall–Kier alpha value is 0.250. The van der Waals surface area contributed by atoms with E-state index < -0.39 is 0 Å². The van der Waals surface area contributed by atoms with Gasteiger partial charge in [-0.2, -0.15) is 0 Å². The molecule has 2 heteroatoms. The van der Waals surface area contributed by atoms with Crippen LogP contribution in [0, 0.1) is 7.43 Å². The van der Waals surface area contributed by atoms with E-state index >= 15 is 0 Å². The molecule has 0 heterocycles. The minimum atomic E-state index is 0. The Morgan fingerprint density at radius 1 is 0.812 bits per heavy atom. The number of alkyl halides is 1. The average molecular weight is 250 g/mol. The summed E-state index contributed by atoms with van der Waals surface area (Å²) in [7, 11) is 0. The lowest BCUT2D eigenvalue weighted by atomic mass is 10.1. The Morgan fingerprint density at radius 2 is 1.19 bits per heavy atom. The standard InChI is InChI=1S/C13H28ClN.CH3/c1-2-3-4-5-6-7-8-9-10-11-12-13(14)15;/h13H,2-12,15H2,1H3;1H3/q;-1/p+1. The second-order valence-electron chi connectivity index (χ2n) is 4.57. The summed E-state index contributed by atoms with van der Waals surface area (Å²) >= 11 is 5.78. The predicted molar refractivity (Wildman–Crippen MR) is 75.4 cm³/mol. The van der Waals surface area contributed by atoms with Crippen molar-refractivity contribution in [3.63, 3.8) is 0 Å². The van der Waals surface area contributed by atoms with Crippen LogP contribution in [0.5, 0.6) is 0 Å². The van der Waals surface area contributed by atoms with Gasteiger partial charge < -0.3 is 13.2 Å². The highest BCUT2D eigenvalue weighted by atomic mass is 35.5. The van der Waals surface area contributed by atoms with Gasteiger partial charge in [0.15, 0.2) is 5.50 Å². The number of unbranched alkanes of at least 4 members (excludes halogenated alkanes) is 9. The van der Waals surface area contributed by atoms with E-state index in [2.05, 4.69) is 12.7 Å². The molecule has 0 aromatic rings. The smallest absolute Gasteiger partial charge is 0.160 e. The van der Waals surface area contributed by atoms with Gasteiger partial charge in [-0.25, -0.2) is 0 Å². The summed E-state index contributed by atoms with van der Waals surface area (Å²) in [6.07, 6.45) is 15.0. The van der Waals surface area contributed by atoms with Crippen LogP contribution in [0.1, 0.15) is 77.6 Å². The third kappa shape index (κ3) is 16.7. The summed E-state index contributed by atoms with van der Waals surface area (Å²) in [5, 5.41) is 0. The molecule has 0 aliphatic carbocycles. The molecule has 0 aliphatic rings. The average Bonchev–Trinajstić information content (AvgIpc) is 2.20. The predicted octanol–water partition coefficient (Wildman–Crippen LogP) is 4.55. The summed E-state index contributed by atoms with van der Waals surface area (Å²) in [5.41, 5.74) is 3.90. The number of rotatable bonds is 11. The van der Waals surface area contributed by atoms with Crippen molar-refractivity contribution in [2.24, 2.45) is 0 Å². The molecule has 16 heavy (non-hydrogen) atoms. The molecule has 100 valence electrons. The normalized spacial score (nSPS) is 12.2. The van der Waals surface area contributed by atoms with E-state index in [-0.39, 0.29) is 12.9 Å². The van der Waals surface area contributed by atoms with Crippen LogP contribution in [0.25, 0.3) is 0 Å². The van der Waals surface area contributed by atoms with Gasteiger partial charge in [-0.05, 0) is 6.42 Å². The van der Waals surface area contributed by atoms with Crippen molar-refractivity contribution >= 4 is 11.6 Å². The van der Waals surface area contributed by atoms with Gasteiger partial charge in [0.2, 0.25) is 0 Å². The fourth-order valence-electron chi connectivity index (χ4n) is 1.85. The molecule has 0 spiro atoms. The van der Waals surface area contributed by atoms with Crippen molar-refractivity contribution in [2.45, 2.75) is 83.1 Å². The van der Waals surface area contributed by atoms with Gasteiger partial charge in [0.25, 0.3) is 0 Å². The first-order valence-electron chi connectivity index (χ1n) is 6.74. The molecule has 0 aromatic heterocycles. The Morgan fingerprint density at radius 3 is 1.56 bits per heavy atom. The van der Waals surface area contributed by atoms with Crippen molar-refractivity contribution < 1.29 is 5.73 Å². The van der Waals surface area contributed by atoms with E-state index in [0.29, 0.717) is 0 Å². The first kappa shape index (κ1) is 18.6. The van der Waals surface area contributed by atoms with Gasteiger partial charge in [0, 0.05) is 6.42 Å². The monoisotopic (exact) mass is 249 g/mol. The maximum atomic E-state index is 5.78. The fraction of sp³-hybridized carbons (Fsp3) is 0.929. The van der Waals surface area contributed by atoms with E-state index in [0.717, 1.165) is 6.42 Å². The van der Waals surface area contributed by atoms with Crippen LogP contribution in [-0.4, -0.2) is 5.50 Å². The van der Waals surface area contributed by atoms with E-state index in [1.54, 1.807) is 0 Å². The Kier molecular flexibility index (Phi) is 17.7. The lowest BCUT2D eigenvalue weighted by Crippen LogP contribution is -2.57. The highest BCUT2D eigenvalue weighted by molar-refractivity contribution is 6.19. The van der Waals surface area contributed by atoms with Crippen LogP contribution in [0.15, 0.2) is 0 Å². The summed E-state index contributed by atoms with van der Waals surface area (Å²) in [6, 6.07) is 0. The van der Waals surface area contributed by atoms with Crippen molar-refractivity contribution in [1.29, 1.82) is 0 Å². The van der Waals surface area contributed by atoms with Crippen LogP contribution >= 0.6 is 11.6 Å². The van der Waals surface area contributed by atoms with Gasteiger partial charge in [-0.1, -0.05) is 76.3 Å². The first-order valence-corrected chi connectivity index (χ1v) is 7.18. The van der Waals surface area contributed by atoms with Gasteiger partial charge in [0.1, 0.15) is 0 Å². The van der Waals surface area contributed by atoms with E-state index in [4.69, 9.17) is 11.6 Å². The van der Waals surface area contributed by atoms with Crippen molar-refractivity contribution in [3.8, 4) is 0 Å². The summed E-state index contributed by atoms with van der Waals surface area (Å²) in [6.45, 7) is 2.27. The highest BCUT2D eigenvalue weighted by Crippen LogP contribution is 2.11. The van der Waals surface area contributed by atoms with Crippen molar-refractivity contribution in [1.82, 2.24) is 0 Å². The number of hydrogen-bond acceptors (Lipinski definition) is 0. The first-order chi connectivity index (χ1) is 7.27. The molecular formula is C14H32ClN. The van der Waals surface area contributed by atoms with Crippen molar-refractivity contribution in [2.75, 3.05) is 0 Å². The van der Waals surface area contributed by atoms with E-state index in [1.165, 1.54) is 64.2 Å². The molecule has 1 atom stereocenters. The van der Waals surface area contributed by atoms with Crippen LogP contribution < -0.4 is 5.73 Å². The molecular weight excluding hydrogens is 218 g/mol. The molecule has 1 nitrogen and oxygen atoms in total. The van der Waals surface area contributed by atoms with Gasteiger partial charge >= 0.3 is 0 Å². The molecule has 0 saturated carbocycles. The molecule has 0 aromatic carbocycles. The SMILES string of the molecule is CCCCCCCCCCCCC([NH3+])Cl.[CH3-]. The van der Waals surface area contributed by atoms with Crippen LogP contribution in [-0.2, 0) is 0 Å². The van der Waals surface area contributed by atoms with E-state index in [9.17, 15) is 0 Å². The Bertz CT molecular complexity index is 115. The highest BCUT2D eigenvalue weighted by Gasteiger charge is 1.98. The lowest BCUT2D eigenvalue weighted by molar-refractivity contribution is -0.390. The largest absolute Gasteiger partial charge is 0.358 e. The topological polar surface area (TPSA) is 27.6 Å². The molecule has 0 aliphatic heterocycles. The third-order valence-electron chi connectivity index (χ3n) is 2.87. The molecule has 0 fully saturated rings. The lowest BCUT2D eigenvalue weighted by Gasteiger charge is -2.02. The molecule has 3 N–H and O–H groups in total. The van der Waals surface area contributed by atoms with Crippen LogP contribution in [0.2, 0.25) is 0 Å². The summed E-state index contributed by atoms with van der Waals surface area (Å²) in [4.78, 5) is 0. The Balaban J connectivity index is 0. The third-order valence-corrected chi connectivity index (χ3v) is 3.09. The Labute approximate surface area is 108 Å². The summed E-state index contributed by atoms with van der Waals surface area (Å²) in [5.74, 6) is 0. The number of halogens is 1. The maximum absolute atomic E-state index is 5.78. The van der Waals surface area contributed by atoms with Gasteiger partial charge in [-0.15, -0.1) is 0 Å². The van der Waals surface area contributed by atoms with Gasteiger partial charge in [0.05, 0.1) is 0 Å². The van der Waals surface area contributed by atoms with Crippen molar-refractivity contribution in [3.05, 3.63) is 7.43 Å². The quantitative estimate of drug-likeness (QED) is 0.241. The number of quaternary nitrogens is 1. The number of hydrogen-bond donors (Lipinski definition) is 1.